The van der Waals surface area contributed by atoms with E-state index in [1.165, 1.54) is 11.7 Å². The Balaban J connectivity index is 2.92. The van der Waals surface area contributed by atoms with Gasteiger partial charge in [-0.3, -0.25) is 5.43 Å². The molecule has 0 spiro atoms. The zero-order chi connectivity index (χ0) is 5.54. The van der Waals surface area contributed by atoms with Crippen LogP contribution in [0, 0.1) is 0 Å². The smallest absolute Gasteiger partial charge is 0.0829 e. The van der Waals surface area contributed by atoms with Crippen LogP contribution >= 0.6 is 12.2 Å². The largest absolute Gasteiger partial charge is 0.326 e. The Morgan fingerprint density at radius 2 is 2.57 bits per heavy atom. The molecule has 0 aromatic carbocycles. The third kappa shape index (κ3) is 5.52. The van der Waals surface area contributed by atoms with Crippen LogP contribution in [0.3, 0.4) is 0 Å². The highest BCUT2D eigenvalue weighted by Crippen LogP contribution is 1.47. The van der Waals surface area contributed by atoms with Gasteiger partial charge in [-0.15, -0.1) is 0 Å². The van der Waals surface area contributed by atoms with Crippen LogP contribution in [0.1, 0.15) is 0 Å². The summed E-state index contributed by atoms with van der Waals surface area (Å²) in [6, 6.07) is 0. The summed E-state index contributed by atoms with van der Waals surface area (Å²) in [5.74, 6) is 0. The highest BCUT2D eigenvalue weighted by molar-refractivity contribution is 7.78. The average Bonchev–Trinajstić information content (AvgIpc) is 1.69. The van der Waals surface area contributed by atoms with Gasteiger partial charge >= 0.3 is 0 Å². The van der Waals surface area contributed by atoms with Crippen LogP contribution in [0.2, 0.25) is 0 Å². The van der Waals surface area contributed by atoms with Crippen molar-refractivity contribution in [1.82, 2.24) is 5.43 Å². The molecule has 0 rings (SSSR count). The molecule has 0 aromatic heterocycles. The lowest BCUT2D eigenvalue weighted by molar-refractivity contribution is 1.07. The van der Waals surface area contributed by atoms with E-state index in [9.17, 15) is 0 Å². The highest BCUT2D eigenvalue weighted by atomic mass is 32.1. The fourth-order valence-corrected chi connectivity index (χ4v) is 0.197. The van der Waals surface area contributed by atoms with Crippen LogP contribution in [0.15, 0.2) is 5.10 Å². The van der Waals surface area contributed by atoms with Crippen molar-refractivity contribution in [2.75, 3.05) is 6.54 Å². The van der Waals surface area contributed by atoms with Crippen molar-refractivity contribution in [1.29, 1.82) is 0 Å². The summed E-state index contributed by atoms with van der Waals surface area (Å²) in [5, 5.41) is 3.55. The highest BCUT2D eigenvalue weighted by Gasteiger charge is 1.60. The van der Waals surface area contributed by atoms with Gasteiger partial charge in [-0.25, -0.2) is 0 Å². The second-order valence-corrected chi connectivity index (χ2v) is 1.03. The molecule has 0 atom stereocenters. The van der Waals surface area contributed by atoms with Gasteiger partial charge in [0.2, 0.25) is 0 Å². The van der Waals surface area contributed by atoms with E-state index in [1.807, 2.05) is 0 Å². The number of nitrogens with zero attached hydrogens (tertiary/aromatic N) is 1. The van der Waals surface area contributed by atoms with Crippen LogP contribution in [0.4, 0.5) is 0 Å². The van der Waals surface area contributed by atoms with Crippen molar-refractivity contribution in [2.45, 2.75) is 0 Å². The molecule has 0 aromatic rings. The molecule has 4 heteroatoms. The van der Waals surface area contributed by atoms with E-state index in [0.29, 0.717) is 6.54 Å². The van der Waals surface area contributed by atoms with Crippen molar-refractivity contribution in [2.24, 2.45) is 10.8 Å². The van der Waals surface area contributed by atoms with E-state index in [-0.39, 0.29) is 0 Å². The topological polar surface area (TPSA) is 50.4 Å². The number of thiocarbonyl (C=S) groups is 1. The molecule has 40 valence electrons. The predicted molar refractivity (Wildman–Crippen MR) is 34.3 cm³/mol. The molecule has 0 fully saturated rings. The quantitative estimate of drug-likeness (QED) is 0.297. The molecule has 0 bridgehead atoms. The van der Waals surface area contributed by atoms with Crippen LogP contribution < -0.4 is 11.2 Å². The Morgan fingerprint density at radius 1 is 1.86 bits per heavy atom. The van der Waals surface area contributed by atoms with E-state index in [4.69, 9.17) is 5.73 Å². The number of nitrogens with one attached hydrogen (secondary N) is 1. The maximum atomic E-state index is 5.03. The van der Waals surface area contributed by atoms with E-state index in [0.717, 1.165) is 0 Å². The molecule has 7 heavy (non-hydrogen) atoms. The second kappa shape index (κ2) is 5.52. The van der Waals surface area contributed by atoms with E-state index in [1.54, 1.807) is 0 Å². The maximum absolute atomic E-state index is 5.03. The van der Waals surface area contributed by atoms with Crippen molar-refractivity contribution >= 4 is 23.9 Å². The van der Waals surface area contributed by atoms with Gasteiger partial charge in [-0.05, 0) is 0 Å². The Kier molecular flexibility index (Phi) is 5.14. The first-order valence-corrected chi connectivity index (χ1v) is 2.29. The minimum Gasteiger partial charge on any atom is -0.326 e. The Bertz CT molecular complexity index is 70.6. The van der Waals surface area contributed by atoms with Gasteiger partial charge in [0.1, 0.15) is 0 Å². The Morgan fingerprint density at radius 3 is 3.00 bits per heavy atom. The van der Waals surface area contributed by atoms with Crippen molar-refractivity contribution < 1.29 is 0 Å². The number of hydrazone groups is 1. The summed E-state index contributed by atoms with van der Waals surface area (Å²) in [4.78, 5) is 0. The summed E-state index contributed by atoms with van der Waals surface area (Å²) in [7, 11) is 0. The molecule has 0 heterocycles. The SMILES string of the molecule is NCC=NNC=S. The molecular weight excluding hydrogens is 110 g/mol. The lowest BCUT2D eigenvalue weighted by atomic mass is 10.8. The molecule has 0 aliphatic carbocycles. The molecule has 0 aliphatic rings. The molecule has 3 N–H and O–H groups in total. The fourth-order valence-electron chi connectivity index (χ4n) is 0.136. The van der Waals surface area contributed by atoms with Crippen LogP contribution in [0.25, 0.3) is 0 Å². The van der Waals surface area contributed by atoms with Crippen LogP contribution in [0.5, 0.6) is 0 Å². The number of nitrogens with two attached hydrogens (primary N) is 1. The number of hydrogen-bond donors (Lipinski definition) is 2. The average molecular weight is 117 g/mol. The van der Waals surface area contributed by atoms with Crippen LogP contribution in [-0.2, 0) is 0 Å². The van der Waals surface area contributed by atoms with Gasteiger partial charge in [0, 0.05) is 12.8 Å². The van der Waals surface area contributed by atoms with Gasteiger partial charge in [0.15, 0.2) is 0 Å². The van der Waals surface area contributed by atoms with Crippen LogP contribution in [-0.4, -0.2) is 18.3 Å². The first-order chi connectivity index (χ1) is 3.41. The minimum atomic E-state index is 0.441. The van der Waals surface area contributed by atoms with E-state index < -0.39 is 0 Å². The Labute approximate surface area is 47.6 Å². The van der Waals surface area contributed by atoms with Gasteiger partial charge < -0.3 is 5.73 Å². The lowest BCUT2D eigenvalue weighted by Crippen LogP contribution is -2.05. The molecule has 0 radical (unpaired) electrons. The summed E-state index contributed by atoms with van der Waals surface area (Å²) < 4.78 is 0. The van der Waals surface area contributed by atoms with Gasteiger partial charge in [0.25, 0.3) is 0 Å². The summed E-state index contributed by atoms with van der Waals surface area (Å²) in [6.45, 7) is 0.441. The fraction of sp³-hybridized carbons (Fsp3) is 0.333. The Hall–Kier alpha value is -0.480. The first-order valence-electron chi connectivity index (χ1n) is 1.82. The summed E-state index contributed by atoms with van der Waals surface area (Å²) in [6.07, 6.45) is 1.53. The predicted octanol–water partition coefficient (Wildman–Crippen LogP) is -0.522. The monoisotopic (exact) mass is 117 g/mol. The third-order valence-corrected chi connectivity index (χ3v) is 0.429. The van der Waals surface area contributed by atoms with Gasteiger partial charge in [-0.2, -0.15) is 5.10 Å². The summed E-state index contributed by atoms with van der Waals surface area (Å²) >= 11 is 4.37. The normalized spacial score (nSPS) is 9.29. The second-order valence-electron chi connectivity index (χ2n) is 0.794. The third-order valence-electron chi connectivity index (χ3n) is 0.324. The number of hydrogen-bond acceptors (Lipinski definition) is 3. The molecule has 0 saturated heterocycles. The van der Waals surface area contributed by atoms with Gasteiger partial charge in [-0.1, -0.05) is 12.2 Å². The zero-order valence-electron chi connectivity index (χ0n) is 3.79. The van der Waals surface area contributed by atoms with Crippen molar-refractivity contribution in [3.8, 4) is 0 Å². The molecule has 0 unspecified atom stereocenters. The van der Waals surface area contributed by atoms with Crippen molar-refractivity contribution in [3.05, 3.63) is 0 Å². The van der Waals surface area contributed by atoms with E-state index >= 15 is 0 Å². The minimum absolute atomic E-state index is 0.441. The molecule has 0 aliphatic heterocycles. The molecule has 0 saturated carbocycles. The zero-order valence-corrected chi connectivity index (χ0v) is 4.61. The standard InChI is InChI=1S/C3H7N3S/c4-1-2-5-6-3-7/h2-3H,1,4H2,(H,6,7). The first kappa shape index (κ1) is 6.52. The molecule has 0 amide bonds. The molecular formula is C3H7N3S. The lowest BCUT2D eigenvalue weighted by Gasteiger charge is -1.80. The summed E-state index contributed by atoms with van der Waals surface area (Å²) in [5.41, 5.74) is 8.77. The molecule has 3 nitrogen and oxygen atoms in total. The number of rotatable bonds is 3. The maximum Gasteiger partial charge on any atom is 0.0829 e. The van der Waals surface area contributed by atoms with E-state index in [2.05, 4.69) is 22.7 Å². The van der Waals surface area contributed by atoms with Gasteiger partial charge in [0.05, 0.1) is 5.49 Å². The van der Waals surface area contributed by atoms with Crippen molar-refractivity contribution in [3.63, 3.8) is 0 Å².